The van der Waals surface area contributed by atoms with Crippen molar-refractivity contribution in [3.63, 3.8) is 0 Å². The van der Waals surface area contributed by atoms with Gasteiger partial charge in [-0.1, -0.05) is 25.1 Å². The molecule has 2 aromatic rings. The first-order chi connectivity index (χ1) is 15.6. The van der Waals surface area contributed by atoms with Crippen LogP contribution in [0.4, 0.5) is 5.69 Å². The molecule has 32 heavy (non-hydrogen) atoms. The molecular formula is C25H36N4O3. The quantitative estimate of drug-likeness (QED) is 0.263. The van der Waals surface area contributed by atoms with Gasteiger partial charge in [0.25, 0.3) is 0 Å². The van der Waals surface area contributed by atoms with Crippen molar-refractivity contribution in [2.24, 2.45) is 4.99 Å². The summed E-state index contributed by atoms with van der Waals surface area (Å²) in [7, 11) is 3.41. The van der Waals surface area contributed by atoms with Gasteiger partial charge in [-0.2, -0.15) is 0 Å². The predicted molar refractivity (Wildman–Crippen MR) is 131 cm³/mol. The molecular weight excluding hydrogens is 404 g/mol. The summed E-state index contributed by atoms with van der Waals surface area (Å²) in [5, 5.41) is 9.60. The van der Waals surface area contributed by atoms with E-state index in [0.29, 0.717) is 19.6 Å². The summed E-state index contributed by atoms with van der Waals surface area (Å²) >= 11 is 0. The summed E-state index contributed by atoms with van der Waals surface area (Å²) in [5.74, 6) is 2.33. The molecule has 0 unspecified atom stereocenters. The van der Waals surface area contributed by atoms with Crippen LogP contribution in [0.3, 0.4) is 0 Å². The first kappa shape index (κ1) is 25.0. The van der Waals surface area contributed by atoms with Crippen LogP contribution in [0.5, 0.6) is 11.5 Å². The Kier molecular flexibility index (Phi) is 10.9. The summed E-state index contributed by atoms with van der Waals surface area (Å²) in [6.07, 6.45) is 3.24. The fraction of sp³-hybridized carbons (Fsp3) is 0.440. The number of amides is 1. The van der Waals surface area contributed by atoms with Crippen molar-refractivity contribution >= 4 is 17.6 Å². The van der Waals surface area contributed by atoms with Crippen LogP contribution in [0.2, 0.25) is 0 Å². The van der Waals surface area contributed by atoms with E-state index in [1.165, 1.54) is 5.56 Å². The maximum atomic E-state index is 11.8. The molecule has 0 atom stereocenters. The monoisotopic (exact) mass is 440 g/mol. The number of guanidine groups is 1. The molecule has 0 aliphatic rings. The summed E-state index contributed by atoms with van der Waals surface area (Å²) in [6, 6.07) is 13.9. The van der Waals surface area contributed by atoms with E-state index in [4.69, 9.17) is 9.47 Å². The Labute approximate surface area is 191 Å². The third-order valence-electron chi connectivity index (χ3n) is 4.83. The standard InChI is InChI=1S/C25H36N4O3/c1-5-9-24(30)29-21-12-7-10-20(16-21)18-28-25(26-3)27-15-8-11-19-13-14-22(31-4)23(17-19)32-6-2/h7,10,12-14,16-17H,5-6,8-9,11,15,18H2,1-4H3,(H,29,30)(H2,26,27,28). The minimum absolute atomic E-state index is 0.0420. The number of benzene rings is 2. The normalized spacial score (nSPS) is 11.1. The third-order valence-corrected chi connectivity index (χ3v) is 4.83. The number of methoxy groups -OCH3 is 1. The van der Waals surface area contributed by atoms with Crippen LogP contribution in [0.15, 0.2) is 47.5 Å². The molecule has 0 radical (unpaired) electrons. The molecule has 0 spiro atoms. The lowest BCUT2D eigenvalue weighted by Gasteiger charge is -2.13. The van der Waals surface area contributed by atoms with Crippen molar-refractivity contribution in [2.75, 3.05) is 32.6 Å². The fourth-order valence-electron chi connectivity index (χ4n) is 3.26. The van der Waals surface area contributed by atoms with Gasteiger partial charge in [-0.25, -0.2) is 0 Å². The summed E-state index contributed by atoms with van der Waals surface area (Å²) < 4.78 is 11.0. The Balaban J connectivity index is 1.78. The van der Waals surface area contributed by atoms with Crippen molar-refractivity contribution < 1.29 is 14.3 Å². The molecule has 0 bridgehead atoms. The first-order valence-corrected chi connectivity index (χ1v) is 11.2. The zero-order valence-corrected chi connectivity index (χ0v) is 19.7. The number of carbonyl (C=O) groups is 1. The molecule has 0 aliphatic carbocycles. The third kappa shape index (κ3) is 8.49. The zero-order valence-electron chi connectivity index (χ0n) is 19.7. The number of nitrogens with zero attached hydrogens (tertiary/aromatic N) is 1. The first-order valence-electron chi connectivity index (χ1n) is 11.2. The Morgan fingerprint density at radius 3 is 2.59 bits per heavy atom. The van der Waals surface area contributed by atoms with E-state index in [-0.39, 0.29) is 5.91 Å². The van der Waals surface area contributed by atoms with E-state index in [0.717, 1.165) is 54.5 Å². The number of hydrogen-bond acceptors (Lipinski definition) is 4. The maximum absolute atomic E-state index is 11.8. The van der Waals surface area contributed by atoms with Gasteiger partial charge < -0.3 is 25.4 Å². The molecule has 0 heterocycles. The van der Waals surface area contributed by atoms with Crippen LogP contribution in [0.25, 0.3) is 0 Å². The molecule has 0 fully saturated rings. The van der Waals surface area contributed by atoms with Gasteiger partial charge in [-0.3, -0.25) is 9.79 Å². The zero-order chi connectivity index (χ0) is 23.2. The van der Waals surface area contributed by atoms with Gasteiger partial charge in [0.05, 0.1) is 13.7 Å². The van der Waals surface area contributed by atoms with Crippen molar-refractivity contribution in [3.8, 4) is 11.5 Å². The smallest absolute Gasteiger partial charge is 0.224 e. The topological polar surface area (TPSA) is 84.0 Å². The highest BCUT2D eigenvalue weighted by molar-refractivity contribution is 5.90. The van der Waals surface area contributed by atoms with Gasteiger partial charge in [-0.15, -0.1) is 0 Å². The Bertz CT molecular complexity index is 883. The van der Waals surface area contributed by atoms with Gasteiger partial charge in [0.2, 0.25) is 5.91 Å². The van der Waals surface area contributed by atoms with Gasteiger partial charge >= 0.3 is 0 Å². The SMILES string of the molecule is CCCC(=O)Nc1cccc(CNC(=NC)NCCCc2ccc(OC)c(OCC)c2)c1. The van der Waals surface area contributed by atoms with Gasteiger partial charge in [0.1, 0.15) is 0 Å². The van der Waals surface area contributed by atoms with E-state index in [2.05, 4.69) is 27.0 Å². The van der Waals surface area contributed by atoms with Crippen LogP contribution < -0.4 is 25.4 Å². The summed E-state index contributed by atoms with van der Waals surface area (Å²) in [5.41, 5.74) is 3.10. The number of anilines is 1. The number of ether oxygens (including phenoxy) is 2. The van der Waals surface area contributed by atoms with Gasteiger partial charge in [0.15, 0.2) is 17.5 Å². The summed E-state index contributed by atoms with van der Waals surface area (Å²) in [4.78, 5) is 16.1. The lowest BCUT2D eigenvalue weighted by molar-refractivity contribution is -0.116. The number of rotatable bonds is 12. The van der Waals surface area contributed by atoms with Crippen LogP contribution in [0, 0.1) is 0 Å². The highest BCUT2D eigenvalue weighted by Gasteiger charge is 2.06. The molecule has 3 N–H and O–H groups in total. The molecule has 1 amide bonds. The largest absolute Gasteiger partial charge is 0.493 e. The molecule has 7 heteroatoms. The molecule has 0 saturated heterocycles. The highest BCUT2D eigenvalue weighted by Crippen LogP contribution is 2.28. The number of nitrogens with one attached hydrogen (secondary N) is 3. The van der Waals surface area contributed by atoms with Crippen molar-refractivity contribution in [1.29, 1.82) is 0 Å². The fourth-order valence-corrected chi connectivity index (χ4v) is 3.26. The van der Waals surface area contributed by atoms with E-state index in [1.807, 2.05) is 50.2 Å². The molecule has 2 aromatic carbocycles. The molecule has 174 valence electrons. The van der Waals surface area contributed by atoms with Crippen molar-refractivity contribution in [3.05, 3.63) is 53.6 Å². The minimum Gasteiger partial charge on any atom is -0.493 e. The lowest BCUT2D eigenvalue weighted by atomic mass is 10.1. The maximum Gasteiger partial charge on any atom is 0.224 e. The molecule has 0 saturated carbocycles. The Morgan fingerprint density at radius 1 is 1.03 bits per heavy atom. The second-order valence-electron chi connectivity index (χ2n) is 7.37. The number of hydrogen-bond donors (Lipinski definition) is 3. The number of carbonyl (C=O) groups excluding carboxylic acids is 1. The molecule has 7 nitrogen and oxygen atoms in total. The average molecular weight is 441 g/mol. The van der Waals surface area contributed by atoms with E-state index in [1.54, 1.807) is 14.2 Å². The van der Waals surface area contributed by atoms with Crippen LogP contribution >= 0.6 is 0 Å². The van der Waals surface area contributed by atoms with Crippen molar-refractivity contribution in [1.82, 2.24) is 10.6 Å². The number of aryl methyl sites for hydroxylation is 1. The second-order valence-corrected chi connectivity index (χ2v) is 7.37. The van der Waals surface area contributed by atoms with E-state index in [9.17, 15) is 4.79 Å². The van der Waals surface area contributed by atoms with Crippen LogP contribution in [0.1, 0.15) is 44.2 Å². The predicted octanol–water partition coefficient (Wildman–Crippen LogP) is 4.13. The molecule has 0 aromatic heterocycles. The molecule has 0 aliphatic heterocycles. The van der Waals surface area contributed by atoms with Gasteiger partial charge in [-0.05, 0) is 61.6 Å². The minimum atomic E-state index is 0.0420. The molecule has 2 rings (SSSR count). The Morgan fingerprint density at radius 2 is 1.88 bits per heavy atom. The van der Waals surface area contributed by atoms with Crippen molar-refractivity contribution in [2.45, 2.75) is 46.1 Å². The number of aliphatic imine (C=N–C) groups is 1. The second kappa shape index (κ2) is 14.0. The Hall–Kier alpha value is -3.22. The average Bonchev–Trinajstić information content (AvgIpc) is 2.79. The van der Waals surface area contributed by atoms with E-state index >= 15 is 0 Å². The lowest BCUT2D eigenvalue weighted by Crippen LogP contribution is -2.37. The van der Waals surface area contributed by atoms with Crippen LogP contribution in [-0.2, 0) is 17.8 Å². The highest BCUT2D eigenvalue weighted by atomic mass is 16.5. The summed E-state index contributed by atoms with van der Waals surface area (Å²) in [6.45, 7) is 5.98. The van der Waals surface area contributed by atoms with Gasteiger partial charge in [0, 0.05) is 32.2 Å². The van der Waals surface area contributed by atoms with Crippen LogP contribution in [-0.4, -0.2) is 39.2 Å². The van der Waals surface area contributed by atoms with E-state index < -0.39 is 0 Å².